The van der Waals surface area contributed by atoms with E-state index >= 15 is 0 Å². The van der Waals surface area contributed by atoms with Crippen molar-refractivity contribution in [3.63, 3.8) is 0 Å². The number of methoxy groups -OCH3 is 1. The van der Waals surface area contributed by atoms with Crippen LogP contribution in [0.5, 0.6) is 5.75 Å². The Morgan fingerprint density at radius 2 is 2.21 bits per heavy atom. The number of phenols is 1. The zero-order valence-corrected chi connectivity index (χ0v) is 8.10. The predicted octanol–water partition coefficient (Wildman–Crippen LogP) is 1.39. The molecule has 0 aromatic heterocycles. The van der Waals surface area contributed by atoms with Gasteiger partial charge in [0.05, 0.1) is 6.10 Å². The van der Waals surface area contributed by atoms with Crippen LogP contribution in [-0.2, 0) is 11.2 Å². The van der Waals surface area contributed by atoms with E-state index in [9.17, 15) is 10.2 Å². The lowest BCUT2D eigenvalue weighted by atomic mass is 9.87. The first-order chi connectivity index (χ1) is 6.74. The summed E-state index contributed by atoms with van der Waals surface area (Å²) in [5.41, 5.74) is 1.82. The van der Waals surface area contributed by atoms with E-state index in [2.05, 4.69) is 0 Å². The Bertz CT molecular complexity index is 335. The summed E-state index contributed by atoms with van der Waals surface area (Å²) in [6.45, 7) is 0. The van der Waals surface area contributed by atoms with E-state index in [4.69, 9.17) is 4.74 Å². The highest BCUT2D eigenvalue weighted by atomic mass is 16.5. The summed E-state index contributed by atoms with van der Waals surface area (Å²) >= 11 is 0. The van der Waals surface area contributed by atoms with Gasteiger partial charge in [0, 0.05) is 12.7 Å². The number of hydrogen-bond donors (Lipinski definition) is 2. The molecule has 2 atom stereocenters. The van der Waals surface area contributed by atoms with Gasteiger partial charge in [-0.05, 0) is 24.5 Å². The SMILES string of the molecule is CO[C@H]1c2c(O)cccc2CC[C@@H]1O. The molecule has 1 aromatic rings. The van der Waals surface area contributed by atoms with Gasteiger partial charge >= 0.3 is 0 Å². The van der Waals surface area contributed by atoms with Crippen molar-refractivity contribution in [1.29, 1.82) is 0 Å². The number of ether oxygens (including phenoxy) is 1. The van der Waals surface area contributed by atoms with Crippen molar-refractivity contribution in [1.82, 2.24) is 0 Å². The Morgan fingerprint density at radius 1 is 1.43 bits per heavy atom. The van der Waals surface area contributed by atoms with Crippen LogP contribution in [0.4, 0.5) is 0 Å². The molecule has 3 heteroatoms. The van der Waals surface area contributed by atoms with Gasteiger partial charge in [0.1, 0.15) is 11.9 Å². The Labute approximate surface area is 83.0 Å². The topological polar surface area (TPSA) is 49.7 Å². The third-order valence-corrected chi connectivity index (χ3v) is 2.77. The van der Waals surface area contributed by atoms with Crippen LogP contribution in [0.3, 0.4) is 0 Å². The summed E-state index contributed by atoms with van der Waals surface area (Å²) < 4.78 is 5.20. The van der Waals surface area contributed by atoms with E-state index in [1.54, 1.807) is 13.2 Å². The molecule has 0 saturated carbocycles. The molecule has 1 aliphatic carbocycles. The number of benzene rings is 1. The molecule has 0 fully saturated rings. The standard InChI is InChI=1S/C11H14O3/c1-14-11-9(13)6-5-7-3-2-4-8(12)10(7)11/h2-4,9,11-13H,5-6H2,1H3/t9-,11+/m0/s1. The number of phenolic OH excluding ortho intramolecular Hbond substituents is 1. The Morgan fingerprint density at radius 3 is 2.93 bits per heavy atom. The first-order valence-electron chi connectivity index (χ1n) is 4.75. The lowest BCUT2D eigenvalue weighted by Gasteiger charge is -2.29. The van der Waals surface area contributed by atoms with Crippen LogP contribution in [0.15, 0.2) is 18.2 Å². The molecule has 0 amide bonds. The number of rotatable bonds is 1. The molecule has 0 unspecified atom stereocenters. The van der Waals surface area contributed by atoms with Crippen LogP contribution < -0.4 is 0 Å². The molecule has 0 spiro atoms. The van der Waals surface area contributed by atoms with E-state index < -0.39 is 6.10 Å². The lowest BCUT2D eigenvalue weighted by molar-refractivity contribution is -0.0246. The van der Waals surface area contributed by atoms with Gasteiger partial charge in [0.25, 0.3) is 0 Å². The highest BCUT2D eigenvalue weighted by Crippen LogP contribution is 2.37. The number of aliphatic hydroxyl groups excluding tert-OH is 1. The zero-order chi connectivity index (χ0) is 10.1. The van der Waals surface area contributed by atoms with E-state index in [0.717, 1.165) is 17.5 Å². The Kier molecular flexibility index (Phi) is 2.44. The molecule has 14 heavy (non-hydrogen) atoms. The van der Waals surface area contributed by atoms with Crippen molar-refractivity contribution in [2.75, 3.05) is 7.11 Å². The number of aryl methyl sites for hydroxylation is 1. The second-order valence-corrected chi connectivity index (χ2v) is 3.61. The average molecular weight is 194 g/mol. The summed E-state index contributed by atoms with van der Waals surface area (Å²) in [5.74, 6) is 0.216. The first-order valence-corrected chi connectivity index (χ1v) is 4.75. The maximum Gasteiger partial charge on any atom is 0.121 e. The van der Waals surface area contributed by atoms with Crippen LogP contribution in [0.2, 0.25) is 0 Å². The third kappa shape index (κ3) is 1.38. The first kappa shape index (κ1) is 9.49. The van der Waals surface area contributed by atoms with Crippen LogP contribution in [0.1, 0.15) is 23.7 Å². The minimum atomic E-state index is -0.513. The number of aromatic hydroxyl groups is 1. The molecule has 2 rings (SSSR count). The quantitative estimate of drug-likeness (QED) is 0.710. The Hall–Kier alpha value is -1.06. The van der Waals surface area contributed by atoms with Crippen molar-refractivity contribution in [3.05, 3.63) is 29.3 Å². The molecule has 1 aliphatic rings. The summed E-state index contributed by atoms with van der Waals surface area (Å²) in [6, 6.07) is 5.41. The average Bonchev–Trinajstić information content (AvgIpc) is 2.19. The van der Waals surface area contributed by atoms with E-state index in [1.165, 1.54) is 0 Å². The minimum absolute atomic E-state index is 0.216. The highest BCUT2D eigenvalue weighted by Gasteiger charge is 2.30. The largest absolute Gasteiger partial charge is 0.508 e. The molecule has 76 valence electrons. The fraction of sp³-hybridized carbons (Fsp3) is 0.455. The summed E-state index contributed by atoms with van der Waals surface area (Å²) in [6.07, 6.45) is 0.584. The van der Waals surface area contributed by atoms with E-state index in [1.807, 2.05) is 12.1 Å². The van der Waals surface area contributed by atoms with Gasteiger partial charge in [0.2, 0.25) is 0 Å². The molecule has 0 saturated heterocycles. The molecule has 0 aliphatic heterocycles. The van der Waals surface area contributed by atoms with E-state index in [0.29, 0.717) is 6.42 Å². The fourth-order valence-corrected chi connectivity index (χ4v) is 2.07. The van der Waals surface area contributed by atoms with Gasteiger partial charge in [-0.2, -0.15) is 0 Å². The molecule has 0 radical (unpaired) electrons. The fourth-order valence-electron chi connectivity index (χ4n) is 2.07. The number of hydrogen-bond acceptors (Lipinski definition) is 3. The highest BCUT2D eigenvalue weighted by molar-refractivity contribution is 5.43. The van der Waals surface area contributed by atoms with Crippen molar-refractivity contribution >= 4 is 0 Å². The number of fused-ring (bicyclic) bond motifs is 1. The smallest absolute Gasteiger partial charge is 0.121 e. The van der Waals surface area contributed by atoms with Gasteiger partial charge < -0.3 is 14.9 Å². The van der Waals surface area contributed by atoms with E-state index in [-0.39, 0.29) is 11.9 Å². The molecule has 3 nitrogen and oxygen atoms in total. The third-order valence-electron chi connectivity index (χ3n) is 2.77. The maximum atomic E-state index is 9.70. The lowest BCUT2D eigenvalue weighted by Crippen LogP contribution is -2.26. The van der Waals surface area contributed by atoms with Crippen molar-refractivity contribution in [2.45, 2.75) is 25.0 Å². The second-order valence-electron chi connectivity index (χ2n) is 3.61. The van der Waals surface area contributed by atoms with Gasteiger partial charge in [0.15, 0.2) is 0 Å². The van der Waals surface area contributed by atoms with Crippen molar-refractivity contribution < 1.29 is 14.9 Å². The molecule has 0 bridgehead atoms. The maximum absolute atomic E-state index is 9.70. The van der Waals surface area contributed by atoms with Gasteiger partial charge in [-0.15, -0.1) is 0 Å². The molecular weight excluding hydrogens is 180 g/mol. The Balaban J connectivity index is 2.49. The molecule has 1 aromatic carbocycles. The zero-order valence-electron chi connectivity index (χ0n) is 8.10. The minimum Gasteiger partial charge on any atom is -0.508 e. The van der Waals surface area contributed by atoms with Crippen LogP contribution in [-0.4, -0.2) is 23.4 Å². The molecule has 2 N–H and O–H groups in total. The second kappa shape index (κ2) is 3.59. The van der Waals surface area contributed by atoms with Crippen LogP contribution in [0.25, 0.3) is 0 Å². The molecule has 0 heterocycles. The molecular formula is C11H14O3. The van der Waals surface area contributed by atoms with Gasteiger partial charge in [-0.1, -0.05) is 12.1 Å². The van der Waals surface area contributed by atoms with Crippen molar-refractivity contribution in [3.8, 4) is 5.75 Å². The van der Waals surface area contributed by atoms with Gasteiger partial charge in [-0.3, -0.25) is 0 Å². The predicted molar refractivity (Wildman–Crippen MR) is 52.2 cm³/mol. The van der Waals surface area contributed by atoms with Gasteiger partial charge in [-0.25, -0.2) is 0 Å². The van der Waals surface area contributed by atoms with Crippen LogP contribution >= 0.6 is 0 Å². The number of aliphatic hydroxyl groups is 1. The van der Waals surface area contributed by atoms with Crippen molar-refractivity contribution in [2.24, 2.45) is 0 Å². The summed E-state index contributed by atoms with van der Waals surface area (Å²) in [4.78, 5) is 0. The normalized spacial score (nSPS) is 25.9. The summed E-state index contributed by atoms with van der Waals surface area (Å²) in [5, 5.41) is 19.4. The summed E-state index contributed by atoms with van der Waals surface area (Å²) in [7, 11) is 1.55. The monoisotopic (exact) mass is 194 g/mol. The van der Waals surface area contributed by atoms with Crippen LogP contribution in [0, 0.1) is 0 Å².